The Labute approximate surface area is 198 Å². The number of aryl methyl sites for hydroxylation is 1. The van der Waals surface area contributed by atoms with Crippen molar-refractivity contribution in [1.82, 2.24) is 9.78 Å². The lowest BCUT2D eigenvalue weighted by molar-refractivity contribution is 0.0518. The maximum Gasteiger partial charge on any atom is 0.359 e. The minimum atomic E-state index is -3.75. The summed E-state index contributed by atoms with van der Waals surface area (Å²) in [5.74, 6) is -0.471. The van der Waals surface area contributed by atoms with E-state index in [9.17, 15) is 13.2 Å². The van der Waals surface area contributed by atoms with Crippen molar-refractivity contribution in [2.24, 2.45) is 0 Å². The Morgan fingerprint density at radius 3 is 2.50 bits per heavy atom. The Bertz CT molecular complexity index is 1490. The van der Waals surface area contributed by atoms with E-state index in [4.69, 9.17) is 4.74 Å². The van der Waals surface area contributed by atoms with Gasteiger partial charge in [-0.1, -0.05) is 42.0 Å². The number of para-hydroxylation sites is 1. The van der Waals surface area contributed by atoms with Crippen molar-refractivity contribution in [2.75, 3.05) is 11.3 Å². The lowest BCUT2D eigenvalue weighted by Crippen LogP contribution is -2.13. The highest BCUT2D eigenvalue weighted by Crippen LogP contribution is 2.41. The molecule has 0 saturated heterocycles. The Kier molecular flexibility index (Phi) is 5.45. The van der Waals surface area contributed by atoms with Crippen LogP contribution in [-0.4, -0.2) is 30.8 Å². The molecule has 34 heavy (non-hydrogen) atoms. The molecule has 1 aliphatic rings. The largest absolute Gasteiger partial charge is 0.461 e. The number of hydrogen-bond acceptors (Lipinski definition) is 5. The lowest BCUT2D eigenvalue weighted by Gasteiger charge is -2.12. The predicted molar refractivity (Wildman–Crippen MR) is 130 cm³/mol. The number of ether oxygens (including phenoxy) is 1. The Morgan fingerprint density at radius 1 is 1.06 bits per heavy atom. The van der Waals surface area contributed by atoms with E-state index in [0.29, 0.717) is 12.1 Å². The van der Waals surface area contributed by atoms with Crippen LogP contribution in [0.2, 0.25) is 0 Å². The molecule has 0 bridgehead atoms. The van der Waals surface area contributed by atoms with Gasteiger partial charge in [-0.05, 0) is 55.8 Å². The minimum absolute atomic E-state index is 0.193. The van der Waals surface area contributed by atoms with E-state index in [1.807, 2.05) is 43.3 Å². The maximum absolute atomic E-state index is 12.9. The van der Waals surface area contributed by atoms with E-state index in [-0.39, 0.29) is 17.2 Å². The van der Waals surface area contributed by atoms with E-state index < -0.39 is 16.0 Å². The molecule has 0 spiro atoms. The first-order valence-electron chi connectivity index (χ1n) is 10.9. The summed E-state index contributed by atoms with van der Waals surface area (Å²) in [7, 11) is -3.75. The minimum Gasteiger partial charge on any atom is -0.461 e. The third-order valence-corrected chi connectivity index (χ3v) is 7.17. The molecule has 0 amide bonds. The van der Waals surface area contributed by atoms with Crippen molar-refractivity contribution in [3.63, 3.8) is 0 Å². The predicted octanol–water partition coefficient (Wildman–Crippen LogP) is 4.73. The molecular formula is C26H23N3O4S. The fourth-order valence-corrected chi connectivity index (χ4v) is 5.20. The summed E-state index contributed by atoms with van der Waals surface area (Å²) in [5, 5.41) is 4.58. The van der Waals surface area contributed by atoms with Crippen molar-refractivity contribution < 1.29 is 17.9 Å². The molecule has 0 saturated carbocycles. The van der Waals surface area contributed by atoms with Crippen LogP contribution in [0.15, 0.2) is 77.7 Å². The summed E-state index contributed by atoms with van der Waals surface area (Å²) in [4.78, 5) is 12.8. The SMILES string of the molecule is CCOC(=O)c1nn(-c2ccccc2)c2c1Cc1ccc(NS(=O)(=O)c3ccc(C)cc3)cc1-2. The molecule has 1 N–H and O–H groups in total. The number of rotatable bonds is 6. The van der Waals surface area contributed by atoms with E-state index in [2.05, 4.69) is 9.82 Å². The van der Waals surface area contributed by atoms with Crippen LogP contribution >= 0.6 is 0 Å². The summed E-state index contributed by atoms with van der Waals surface area (Å²) >= 11 is 0. The number of hydrogen-bond donors (Lipinski definition) is 1. The lowest BCUT2D eigenvalue weighted by atomic mass is 10.1. The molecule has 1 aliphatic carbocycles. The monoisotopic (exact) mass is 473 g/mol. The number of anilines is 1. The molecule has 172 valence electrons. The van der Waals surface area contributed by atoms with Gasteiger partial charge in [-0.3, -0.25) is 4.72 Å². The molecule has 0 radical (unpaired) electrons. The second-order valence-corrected chi connectivity index (χ2v) is 9.79. The second-order valence-electron chi connectivity index (χ2n) is 8.11. The summed E-state index contributed by atoms with van der Waals surface area (Å²) in [6.45, 7) is 3.92. The normalized spacial score (nSPS) is 12.2. The van der Waals surface area contributed by atoms with Gasteiger partial charge in [0.15, 0.2) is 5.69 Å². The molecule has 3 aromatic carbocycles. The van der Waals surface area contributed by atoms with Crippen molar-refractivity contribution in [3.8, 4) is 16.9 Å². The number of nitrogens with zero attached hydrogens (tertiary/aromatic N) is 2. The van der Waals surface area contributed by atoms with Gasteiger partial charge in [0.05, 0.1) is 22.9 Å². The fourth-order valence-electron chi connectivity index (χ4n) is 4.15. The molecule has 8 heteroatoms. The van der Waals surface area contributed by atoms with Crippen LogP contribution < -0.4 is 4.72 Å². The zero-order valence-electron chi connectivity index (χ0n) is 18.8. The van der Waals surface area contributed by atoms with Gasteiger partial charge in [-0.25, -0.2) is 17.9 Å². The summed E-state index contributed by atoms with van der Waals surface area (Å²) in [5.41, 5.74) is 5.84. The Balaban J connectivity index is 1.59. The average molecular weight is 474 g/mol. The first-order chi connectivity index (χ1) is 16.4. The van der Waals surface area contributed by atoms with Crippen molar-refractivity contribution in [1.29, 1.82) is 0 Å². The highest BCUT2D eigenvalue weighted by atomic mass is 32.2. The van der Waals surface area contributed by atoms with E-state index in [1.54, 1.807) is 48.0 Å². The number of esters is 1. The standard InChI is InChI=1S/C26H23N3O4S/c1-3-33-26(30)24-23-15-18-11-12-19(28-34(31,32)21-13-9-17(2)10-14-21)16-22(18)25(23)29(27-24)20-7-5-4-6-8-20/h4-14,16,28H,3,15H2,1-2H3. The van der Waals surface area contributed by atoms with Gasteiger partial charge >= 0.3 is 5.97 Å². The number of fused-ring (bicyclic) bond motifs is 3. The molecule has 1 heterocycles. The van der Waals surface area contributed by atoms with Gasteiger partial charge in [-0.15, -0.1) is 0 Å². The van der Waals surface area contributed by atoms with Crippen LogP contribution in [0, 0.1) is 6.92 Å². The molecule has 0 aliphatic heterocycles. The summed E-state index contributed by atoms with van der Waals surface area (Å²) in [6, 6.07) is 21.6. The topological polar surface area (TPSA) is 90.3 Å². The summed E-state index contributed by atoms with van der Waals surface area (Å²) < 4.78 is 35.5. The van der Waals surface area contributed by atoms with Crippen LogP contribution in [0.25, 0.3) is 16.9 Å². The maximum atomic E-state index is 12.9. The first-order valence-corrected chi connectivity index (χ1v) is 12.4. The molecular weight excluding hydrogens is 450 g/mol. The zero-order chi connectivity index (χ0) is 23.9. The number of sulfonamides is 1. The summed E-state index contributed by atoms with van der Waals surface area (Å²) in [6.07, 6.45) is 0.511. The molecule has 0 fully saturated rings. The molecule has 0 unspecified atom stereocenters. The molecule has 4 aromatic rings. The van der Waals surface area contributed by atoms with Crippen LogP contribution in [0.1, 0.15) is 34.1 Å². The highest BCUT2D eigenvalue weighted by Gasteiger charge is 2.32. The van der Waals surface area contributed by atoms with E-state index >= 15 is 0 Å². The van der Waals surface area contributed by atoms with Crippen LogP contribution in [0.4, 0.5) is 5.69 Å². The average Bonchev–Trinajstić information content (AvgIpc) is 3.37. The number of carbonyl (C=O) groups is 1. The van der Waals surface area contributed by atoms with E-state index in [0.717, 1.165) is 33.6 Å². The van der Waals surface area contributed by atoms with Gasteiger partial charge in [0.25, 0.3) is 10.0 Å². The van der Waals surface area contributed by atoms with Crippen molar-refractivity contribution in [2.45, 2.75) is 25.2 Å². The van der Waals surface area contributed by atoms with Gasteiger partial charge in [-0.2, -0.15) is 5.10 Å². The van der Waals surface area contributed by atoms with Gasteiger partial charge < -0.3 is 4.74 Å². The highest BCUT2D eigenvalue weighted by molar-refractivity contribution is 7.92. The number of carbonyl (C=O) groups excluding carboxylic acids is 1. The number of aromatic nitrogens is 2. The van der Waals surface area contributed by atoms with E-state index in [1.165, 1.54) is 0 Å². The fraction of sp³-hybridized carbons (Fsp3) is 0.154. The van der Waals surface area contributed by atoms with Crippen LogP contribution in [0.3, 0.4) is 0 Å². The van der Waals surface area contributed by atoms with Gasteiger partial charge in [0, 0.05) is 23.2 Å². The third kappa shape index (κ3) is 3.86. The van der Waals surface area contributed by atoms with Crippen LogP contribution in [0.5, 0.6) is 0 Å². The Hall–Kier alpha value is -3.91. The molecule has 7 nitrogen and oxygen atoms in total. The molecule has 0 atom stereocenters. The van der Waals surface area contributed by atoms with Crippen molar-refractivity contribution in [3.05, 3.63) is 95.2 Å². The second kappa shape index (κ2) is 8.46. The number of nitrogens with one attached hydrogen (secondary N) is 1. The van der Waals surface area contributed by atoms with Crippen LogP contribution in [-0.2, 0) is 21.2 Å². The molecule has 1 aromatic heterocycles. The van der Waals surface area contributed by atoms with Gasteiger partial charge in [0.1, 0.15) is 0 Å². The molecule has 5 rings (SSSR count). The quantitative estimate of drug-likeness (QED) is 0.360. The third-order valence-electron chi connectivity index (χ3n) is 5.77. The smallest absolute Gasteiger partial charge is 0.359 e. The number of benzene rings is 3. The Morgan fingerprint density at radius 2 is 1.79 bits per heavy atom. The zero-order valence-corrected chi connectivity index (χ0v) is 19.6. The van der Waals surface area contributed by atoms with Gasteiger partial charge in [0.2, 0.25) is 0 Å². The van der Waals surface area contributed by atoms with Crippen molar-refractivity contribution >= 4 is 21.7 Å². The first kappa shape index (κ1) is 21.9.